The molecule has 0 nitrogen and oxygen atoms in total. The van der Waals surface area contributed by atoms with Crippen molar-refractivity contribution in [3.05, 3.63) is 56.3 Å². The van der Waals surface area contributed by atoms with Crippen LogP contribution in [0.5, 0.6) is 0 Å². The van der Waals surface area contributed by atoms with Gasteiger partial charge in [0.1, 0.15) is 0 Å². The standard InChI is InChI=1S/C17H22S/c1-10-8-9-16(18-10)17(7)14(5)12(3)11(2)13(4)15(17)6/h8-9H,2H2,1,3-7H3. The quantitative estimate of drug-likeness (QED) is 0.619. The van der Waals surface area contributed by atoms with Crippen molar-refractivity contribution in [2.24, 2.45) is 0 Å². The minimum absolute atomic E-state index is 0.0499. The molecule has 0 bridgehead atoms. The zero-order valence-electron chi connectivity index (χ0n) is 12.3. The van der Waals surface area contributed by atoms with Gasteiger partial charge in [-0.2, -0.15) is 0 Å². The predicted octanol–water partition coefficient (Wildman–Crippen LogP) is 5.56. The van der Waals surface area contributed by atoms with Crippen molar-refractivity contribution >= 4 is 11.3 Å². The molecule has 1 aromatic heterocycles. The SMILES string of the molecule is C=C1C(C)=C(C)C(C)(c2ccc(C)s2)C(C)=C1C. The topological polar surface area (TPSA) is 0 Å². The van der Waals surface area contributed by atoms with E-state index in [1.165, 1.54) is 37.6 Å². The highest BCUT2D eigenvalue weighted by Crippen LogP contribution is 2.49. The highest BCUT2D eigenvalue weighted by atomic mass is 32.1. The Balaban J connectivity index is 2.72. The molecule has 0 saturated heterocycles. The molecule has 0 saturated carbocycles. The van der Waals surface area contributed by atoms with Crippen molar-refractivity contribution in [2.75, 3.05) is 0 Å². The molecule has 0 aliphatic heterocycles. The lowest BCUT2D eigenvalue weighted by Crippen LogP contribution is -2.29. The molecule has 0 spiro atoms. The van der Waals surface area contributed by atoms with E-state index in [1.54, 1.807) is 0 Å². The van der Waals surface area contributed by atoms with Gasteiger partial charge in [0.15, 0.2) is 0 Å². The zero-order chi connectivity index (χ0) is 13.7. The fraction of sp³-hybridized carbons (Fsp3) is 0.412. The first-order valence-corrected chi connectivity index (χ1v) is 7.24. The smallest absolute Gasteiger partial charge is 0.0442 e. The Morgan fingerprint density at radius 2 is 1.44 bits per heavy atom. The molecule has 0 atom stereocenters. The maximum Gasteiger partial charge on any atom is 0.0442 e. The first kappa shape index (κ1) is 13.4. The van der Waals surface area contributed by atoms with Crippen LogP contribution in [0.15, 0.2) is 46.6 Å². The number of aryl methyl sites for hydroxylation is 1. The molecule has 1 heterocycles. The number of rotatable bonds is 1. The highest BCUT2D eigenvalue weighted by Gasteiger charge is 2.37. The molecule has 2 rings (SSSR count). The van der Waals surface area contributed by atoms with Gasteiger partial charge in [0.25, 0.3) is 0 Å². The van der Waals surface area contributed by atoms with E-state index in [4.69, 9.17) is 0 Å². The van der Waals surface area contributed by atoms with E-state index < -0.39 is 0 Å². The van der Waals surface area contributed by atoms with Gasteiger partial charge < -0.3 is 0 Å². The summed E-state index contributed by atoms with van der Waals surface area (Å²) in [5, 5.41) is 0. The van der Waals surface area contributed by atoms with Gasteiger partial charge in [-0.1, -0.05) is 17.7 Å². The fourth-order valence-corrected chi connectivity index (χ4v) is 3.97. The van der Waals surface area contributed by atoms with Crippen molar-refractivity contribution in [1.29, 1.82) is 0 Å². The van der Waals surface area contributed by atoms with E-state index in [0.29, 0.717) is 0 Å². The number of thiophene rings is 1. The molecule has 0 amide bonds. The molecule has 0 fully saturated rings. The summed E-state index contributed by atoms with van der Waals surface area (Å²) >= 11 is 1.91. The van der Waals surface area contributed by atoms with E-state index in [-0.39, 0.29) is 5.41 Å². The lowest BCUT2D eigenvalue weighted by molar-refractivity contribution is 0.645. The van der Waals surface area contributed by atoms with Crippen LogP contribution in [-0.4, -0.2) is 0 Å². The van der Waals surface area contributed by atoms with Crippen LogP contribution in [0.2, 0.25) is 0 Å². The molecule has 18 heavy (non-hydrogen) atoms. The largest absolute Gasteiger partial charge is 0.144 e. The molecule has 0 radical (unpaired) electrons. The van der Waals surface area contributed by atoms with Crippen molar-refractivity contribution in [2.45, 2.75) is 47.0 Å². The van der Waals surface area contributed by atoms with Gasteiger partial charge in [0, 0.05) is 15.2 Å². The summed E-state index contributed by atoms with van der Waals surface area (Å²) in [7, 11) is 0. The molecule has 1 aromatic rings. The molecular formula is C17H22S. The molecule has 1 heteroatoms. The van der Waals surface area contributed by atoms with Crippen LogP contribution in [0.3, 0.4) is 0 Å². The van der Waals surface area contributed by atoms with Crippen LogP contribution in [0, 0.1) is 6.92 Å². The van der Waals surface area contributed by atoms with Gasteiger partial charge >= 0.3 is 0 Å². The Morgan fingerprint density at radius 1 is 0.944 bits per heavy atom. The molecule has 96 valence electrons. The second-order valence-electron chi connectivity index (χ2n) is 5.51. The highest BCUT2D eigenvalue weighted by molar-refractivity contribution is 7.12. The van der Waals surface area contributed by atoms with Crippen LogP contribution in [0.1, 0.15) is 44.4 Å². The lowest BCUT2D eigenvalue weighted by Gasteiger charge is -2.38. The van der Waals surface area contributed by atoms with E-state index in [1.807, 2.05) is 11.3 Å². The molecule has 0 aromatic carbocycles. The number of hydrogen-bond acceptors (Lipinski definition) is 1. The van der Waals surface area contributed by atoms with Crippen LogP contribution in [0.25, 0.3) is 0 Å². The second kappa shape index (κ2) is 4.24. The maximum atomic E-state index is 4.23. The van der Waals surface area contributed by atoms with Gasteiger partial charge in [-0.3, -0.25) is 0 Å². The summed E-state index contributed by atoms with van der Waals surface area (Å²) < 4.78 is 0. The van der Waals surface area contributed by atoms with E-state index in [9.17, 15) is 0 Å². The summed E-state index contributed by atoms with van der Waals surface area (Å²) in [4.78, 5) is 2.83. The third kappa shape index (κ3) is 1.65. The summed E-state index contributed by atoms with van der Waals surface area (Å²) in [5.74, 6) is 0. The van der Waals surface area contributed by atoms with Gasteiger partial charge in [-0.05, 0) is 70.4 Å². The van der Waals surface area contributed by atoms with Crippen molar-refractivity contribution in [3.63, 3.8) is 0 Å². The number of allylic oxidation sites excluding steroid dienone is 5. The first-order chi connectivity index (χ1) is 8.30. The van der Waals surface area contributed by atoms with Gasteiger partial charge in [-0.25, -0.2) is 0 Å². The molecular weight excluding hydrogens is 236 g/mol. The van der Waals surface area contributed by atoms with Crippen LogP contribution >= 0.6 is 11.3 Å². The Bertz CT molecular complexity index is 551. The number of hydrogen-bond donors (Lipinski definition) is 0. The van der Waals surface area contributed by atoms with Gasteiger partial charge in [-0.15, -0.1) is 11.3 Å². The normalized spacial score (nSPS) is 19.8. The summed E-state index contributed by atoms with van der Waals surface area (Å²) in [6.07, 6.45) is 0. The van der Waals surface area contributed by atoms with E-state index in [0.717, 1.165) is 0 Å². The van der Waals surface area contributed by atoms with Crippen LogP contribution in [0.4, 0.5) is 0 Å². The first-order valence-electron chi connectivity index (χ1n) is 6.42. The Hall–Kier alpha value is -1.08. The maximum absolute atomic E-state index is 4.23. The molecule has 1 aliphatic rings. The Kier molecular flexibility index (Phi) is 3.14. The zero-order valence-corrected chi connectivity index (χ0v) is 13.1. The Labute approximate surface area is 115 Å². The van der Waals surface area contributed by atoms with Crippen molar-refractivity contribution < 1.29 is 0 Å². The Morgan fingerprint density at radius 3 is 1.83 bits per heavy atom. The third-order valence-corrected chi connectivity index (χ3v) is 5.99. The van der Waals surface area contributed by atoms with Crippen molar-refractivity contribution in [1.82, 2.24) is 0 Å². The molecule has 1 aliphatic carbocycles. The summed E-state index contributed by atoms with van der Waals surface area (Å²) in [6.45, 7) is 17.7. The minimum Gasteiger partial charge on any atom is -0.144 e. The molecule has 0 unspecified atom stereocenters. The predicted molar refractivity (Wildman–Crippen MR) is 82.3 cm³/mol. The average Bonchev–Trinajstić information content (AvgIpc) is 2.78. The van der Waals surface area contributed by atoms with Gasteiger partial charge in [0.2, 0.25) is 0 Å². The van der Waals surface area contributed by atoms with E-state index >= 15 is 0 Å². The second-order valence-corrected chi connectivity index (χ2v) is 6.80. The van der Waals surface area contributed by atoms with Crippen LogP contribution < -0.4 is 0 Å². The van der Waals surface area contributed by atoms with Crippen molar-refractivity contribution in [3.8, 4) is 0 Å². The summed E-state index contributed by atoms with van der Waals surface area (Å²) in [5.41, 5.74) is 6.85. The summed E-state index contributed by atoms with van der Waals surface area (Å²) in [6, 6.07) is 4.50. The average molecular weight is 258 g/mol. The minimum atomic E-state index is 0.0499. The van der Waals surface area contributed by atoms with E-state index in [2.05, 4.69) is 60.3 Å². The fourth-order valence-electron chi connectivity index (χ4n) is 2.84. The van der Waals surface area contributed by atoms with Crippen LogP contribution in [-0.2, 0) is 5.41 Å². The third-order valence-electron chi connectivity index (χ3n) is 4.76. The molecule has 0 N–H and O–H groups in total. The lowest BCUT2D eigenvalue weighted by atomic mass is 9.67. The monoisotopic (exact) mass is 258 g/mol. The van der Waals surface area contributed by atoms with Gasteiger partial charge in [0.05, 0.1) is 0 Å².